The average molecular weight is 166 g/mol. The van der Waals surface area contributed by atoms with Gasteiger partial charge in [0, 0.05) is 6.20 Å². The van der Waals surface area contributed by atoms with Crippen LogP contribution >= 0.6 is 0 Å². The van der Waals surface area contributed by atoms with Crippen LogP contribution in [0.5, 0.6) is 0 Å². The van der Waals surface area contributed by atoms with E-state index in [2.05, 4.69) is 10.3 Å². The molecule has 1 aromatic heterocycles. The lowest BCUT2D eigenvalue weighted by atomic mass is 10.4. The van der Waals surface area contributed by atoms with E-state index in [0.717, 1.165) is 0 Å². The number of carbonyl (C=O) groups excluding carboxylic acids is 1. The van der Waals surface area contributed by atoms with E-state index in [0.29, 0.717) is 5.82 Å². The van der Waals surface area contributed by atoms with E-state index in [9.17, 15) is 4.79 Å². The summed E-state index contributed by atoms with van der Waals surface area (Å²) in [4.78, 5) is 14.8. The number of amides is 1. The van der Waals surface area contributed by atoms with E-state index in [-0.39, 0.29) is 18.9 Å². The van der Waals surface area contributed by atoms with Gasteiger partial charge in [0.2, 0.25) is 5.91 Å². The molecule has 0 radical (unpaired) electrons. The zero-order chi connectivity index (χ0) is 8.81. The molecule has 1 rings (SSSR count). The smallest absolute Gasteiger partial charge is 0.227 e. The number of carbonyl (C=O) groups is 1. The Balaban J connectivity index is 2.47. The molecule has 12 heavy (non-hydrogen) atoms. The molecule has 2 N–H and O–H groups in total. The summed E-state index contributed by atoms with van der Waals surface area (Å²) in [6.45, 7) is -0.140. The first kappa shape index (κ1) is 8.67. The highest BCUT2D eigenvalue weighted by Gasteiger charge is 1.99. The van der Waals surface area contributed by atoms with Crippen LogP contribution in [0.3, 0.4) is 0 Å². The Hall–Kier alpha value is -1.42. The van der Waals surface area contributed by atoms with Crippen LogP contribution < -0.4 is 5.32 Å². The van der Waals surface area contributed by atoms with Crippen molar-refractivity contribution in [1.29, 1.82) is 0 Å². The van der Waals surface area contributed by atoms with Crippen molar-refractivity contribution in [2.45, 2.75) is 6.42 Å². The predicted molar refractivity (Wildman–Crippen MR) is 44.6 cm³/mol. The minimum atomic E-state index is -0.226. The molecule has 4 nitrogen and oxygen atoms in total. The fourth-order valence-corrected chi connectivity index (χ4v) is 0.744. The molecule has 0 aliphatic carbocycles. The molecule has 64 valence electrons. The number of anilines is 1. The lowest BCUT2D eigenvalue weighted by Gasteiger charge is -2.00. The Labute approximate surface area is 70.3 Å². The number of rotatable bonds is 3. The maximum atomic E-state index is 10.9. The monoisotopic (exact) mass is 166 g/mol. The predicted octanol–water partition coefficient (Wildman–Crippen LogP) is 0.402. The third-order valence-electron chi connectivity index (χ3n) is 1.27. The maximum absolute atomic E-state index is 10.9. The molecule has 0 unspecified atom stereocenters. The van der Waals surface area contributed by atoms with Crippen LogP contribution in [0.25, 0.3) is 0 Å². The van der Waals surface area contributed by atoms with Gasteiger partial charge in [-0.2, -0.15) is 0 Å². The third kappa shape index (κ3) is 2.67. The fraction of sp³-hybridized carbons (Fsp3) is 0.250. The van der Waals surface area contributed by atoms with Gasteiger partial charge in [0.25, 0.3) is 0 Å². The molecule has 0 aromatic carbocycles. The van der Waals surface area contributed by atoms with Crippen molar-refractivity contribution in [3.8, 4) is 0 Å². The van der Waals surface area contributed by atoms with Crippen molar-refractivity contribution in [2.75, 3.05) is 11.9 Å². The number of aromatic nitrogens is 1. The van der Waals surface area contributed by atoms with Crippen LogP contribution in [0.15, 0.2) is 24.4 Å². The van der Waals surface area contributed by atoms with Crippen molar-refractivity contribution in [3.05, 3.63) is 24.4 Å². The SMILES string of the molecule is O=C(CCO)Nc1ccccn1. The van der Waals surface area contributed by atoms with E-state index in [1.54, 1.807) is 24.4 Å². The summed E-state index contributed by atoms with van der Waals surface area (Å²) >= 11 is 0. The van der Waals surface area contributed by atoms with Crippen LogP contribution in [0.2, 0.25) is 0 Å². The zero-order valence-corrected chi connectivity index (χ0v) is 6.53. The number of nitrogens with one attached hydrogen (secondary N) is 1. The van der Waals surface area contributed by atoms with Gasteiger partial charge in [-0.25, -0.2) is 4.98 Å². The second-order valence-corrected chi connectivity index (χ2v) is 2.24. The molecular weight excluding hydrogens is 156 g/mol. The Morgan fingerprint density at radius 3 is 3.00 bits per heavy atom. The molecule has 0 bridgehead atoms. The van der Waals surface area contributed by atoms with Gasteiger partial charge in [0.15, 0.2) is 0 Å². The number of hydrogen-bond acceptors (Lipinski definition) is 3. The molecule has 0 aliphatic heterocycles. The third-order valence-corrected chi connectivity index (χ3v) is 1.27. The zero-order valence-electron chi connectivity index (χ0n) is 6.53. The summed E-state index contributed by atoms with van der Waals surface area (Å²) in [5.41, 5.74) is 0. The normalized spacial score (nSPS) is 9.42. The number of hydrogen-bond donors (Lipinski definition) is 2. The molecule has 1 aromatic rings. The lowest BCUT2D eigenvalue weighted by molar-refractivity contribution is -0.116. The van der Waals surface area contributed by atoms with E-state index < -0.39 is 0 Å². The number of nitrogens with zero attached hydrogens (tertiary/aromatic N) is 1. The number of aliphatic hydroxyl groups excluding tert-OH is 1. The second kappa shape index (κ2) is 4.46. The second-order valence-electron chi connectivity index (χ2n) is 2.24. The van der Waals surface area contributed by atoms with Gasteiger partial charge in [0.05, 0.1) is 13.0 Å². The Morgan fingerprint density at radius 1 is 1.58 bits per heavy atom. The van der Waals surface area contributed by atoms with Crippen LogP contribution in [0.4, 0.5) is 5.82 Å². The van der Waals surface area contributed by atoms with Crippen LogP contribution in [-0.4, -0.2) is 22.6 Å². The van der Waals surface area contributed by atoms with Crippen LogP contribution in [0.1, 0.15) is 6.42 Å². The maximum Gasteiger partial charge on any atom is 0.227 e. The molecule has 4 heteroatoms. The first-order valence-corrected chi connectivity index (χ1v) is 3.64. The molecule has 0 atom stereocenters. The van der Waals surface area contributed by atoms with Gasteiger partial charge in [-0.3, -0.25) is 4.79 Å². The van der Waals surface area contributed by atoms with Gasteiger partial charge in [-0.1, -0.05) is 6.07 Å². The Kier molecular flexibility index (Phi) is 3.22. The average Bonchev–Trinajstić information content (AvgIpc) is 2.06. The number of pyridine rings is 1. The van der Waals surface area contributed by atoms with Gasteiger partial charge in [-0.15, -0.1) is 0 Å². The van der Waals surface area contributed by atoms with E-state index in [4.69, 9.17) is 5.11 Å². The van der Waals surface area contributed by atoms with Crippen molar-refractivity contribution < 1.29 is 9.90 Å². The highest BCUT2D eigenvalue weighted by molar-refractivity contribution is 5.89. The minimum absolute atomic E-state index is 0.108. The van der Waals surface area contributed by atoms with Crippen molar-refractivity contribution >= 4 is 11.7 Å². The fourth-order valence-electron chi connectivity index (χ4n) is 0.744. The van der Waals surface area contributed by atoms with E-state index in [1.165, 1.54) is 0 Å². The van der Waals surface area contributed by atoms with Crippen LogP contribution in [-0.2, 0) is 4.79 Å². The van der Waals surface area contributed by atoms with Crippen molar-refractivity contribution in [2.24, 2.45) is 0 Å². The summed E-state index contributed by atoms with van der Waals surface area (Å²) in [5, 5.41) is 11.0. The van der Waals surface area contributed by atoms with Gasteiger partial charge >= 0.3 is 0 Å². The topological polar surface area (TPSA) is 62.2 Å². The molecule has 1 amide bonds. The highest BCUT2D eigenvalue weighted by atomic mass is 16.3. The molecule has 0 fully saturated rings. The Morgan fingerprint density at radius 2 is 2.42 bits per heavy atom. The quantitative estimate of drug-likeness (QED) is 0.683. The molecule has 0 spiro atoms. The molecular formula is C8H10N2O2. The van der Waals surface area contributed by atoms with Gasteiger partial charge in [-0.05, 0) is 12.1 Å². The first-order valence-electron chi connectivity index (χ1n) is 3.64. The number of aliphatic hydroxyl groups is 1. The molecule has 0 saturated heterocycles. The van der Waals surface area contributed by atoms with Crippen molar-refractivity contribution in [1.82, 2.24) is 4.98 Å². The van der Waals surface area contributed by atoms with E-state index >= 15 is 0 Å². The summed E-state index contributed by atoms with van der Waals surface area (Å²) in [6, 6.07) is 5.23. The molecule has 0 aliphatic rings. The lowest BCUT2D eigenvalue weighted by Crippen LogP contribution is -2.13. The van der Waals surface area contributed by atoms with Crippen LogP contribution in [0, 0.1) is 0 Å². The van der Waals surface area contributed by atoms with Crippen molar-refractivity contribution in [3.63, 3.8) is 0 Å². The summed E-state index contributed by atoms with van der Waals surface area (Å²) < 4.78 is 0. The Bertz CT molecular complexity index is 248. The van der Waals surface area contributed by atoms with Gasteiger partial charge < -0.3 is 10.4 Å². The summed E-state index contributed by atoms with van der Waals surface area (Å²) in [6.07, 6.45) is 1.70. The molecule has 0 saturated carbocycles. The largest absolute Gasteiger partial charge is 0.396 e. The van der Waals surface area contributed by atoms with E-state index in [1.807, 2.05) is 0 Å². The first-order chi connectivity index (χ1) is 5.83. The van der Waals surface area contributed by atoms with Gasteiger partial charge in [0.1, 0.15) is 5.82 Å². The molecule has 1 heterocycles. The standard InChI is InChI=1S/C8H10N2O2/c11-6-4-8(12)10-7-3-1-2-5-9-7/h1-3,5,11H,4,6H2,(H,9,10,12). The highest BCUT2D eigenvalue weighted by Crippen LogP contribution is 1.99. The minimum Gasteiger partial charge on any atom is -0.396 e. The summed E-state index contributed by atoms with van der Waals surface area (Å²) in [7, 11) is 0. The summed E-state index contributed by atoms with van der Waals surface area (Å²) in [5.74, 6) is 0.284.